The average Bonchev–Trinajstić information content (AvgIpc) is 2.60. The molecule has 7 nitrogen and oxygen atoms in total. The number of rotatable bonds is 4. The number of benzene rings is 1. The highest BCUT2D eigenvalue weighted by Gasteiger charge is 2.23. The topological polar surface area (TPSA) is 78.9 Å². The molecule has 0 unspecified atom stereocenters. The largest absolute Gasteiger partial charge is 0.459 e. The number of ether oxygens (including phenoxy) is 1. The standard InChI is InChI=1S/C16H20FN3O4/c1-2-24-16(23)15(22)18-11-14(21)20-9-7-19(8-10-20)13-5-3-12(17)4-6-13/h3-6H,2,7-11H2,1H3,(H,18,22). The van der Waals surface area contributed by atoms with Gasteiger partial charge in [-0.25, -0.2) is 9.18 Å². The highest BCUT2D eigenvalue weighted by Crippen LogP contribution is 2.16. The summed E-state index contributed by atoms with van der Waals surface area (Å²) in [7, 11) is 0. The molecule has 0 radical (unpaired) electrons. The van der Waals surface area contributed by atoms with Crippen molar-refractivity contribution >= 4 is 23.5 Å². The van der Waals surface area contributed by atoms with Crippen molar-refractivity contribution in [2.24, 2.45) is 0 Å². The molecule has 1 aromatic carbocycles. The maximum Gasteiger partial charge on any atom is 0.396 e. The van der Waals surface area contributed by atoms with Gasteiger partial charge in [0.15, 0.2) is 0 Å². The fourth-order valence-electron chi connectivity index (χ4n) is 2.40. The molecule has 0 aromatic heterocycles. The molecule has 0 bridgehead atoms. The van der Waals surface area contributed by atoms with E-state index in [4.69, 9.17) is 0 Å². The van der Waals surface area contributed by atoms with Gasteiger partial charge < -0.3 is 19.9 Å². The summed E-state index contributed by atoms with van der Waals surface area (Å²) in [5.74, 6) is -2.46. The van der Waals surface area contributed by atoms with E-state index < -0.39 is 11.9 Å². The van der Waals surface area contributed by atoms with E-state index in [0.29, 0.717) is 26.2 Å². The number of amides is 2. The number of hydrogen-bond acceptors (Lipinski definition) is 5. The summed E-state index contributed by atoms with van der Waals surface area (Å²) in [5, 5.41) is 2.25. The molecule has 0 aliphatic carbocycles. The first-order valence-corrected chi connectivity index (χ1v) is 7.74. The molecular weight excluding hydrogens is 317 g/mol. The van der Waals surface area contributed by atoms with Crippen LogP contribution in [0.25, 0.3) is 0 Å². The predicted octanol–water partition coefficient (Wildman–Crippen LogP) is 0.154. The van der Waals surface area contributed by atoms with Gasteiger partial charge >= 0.3 is 11.9 Å². The Morgan fingerprint density at radius 2 is 1.75 bits per heavy atom. The van der Waals surface area contributed by atoms with Crippen LogP contribution in [-0.4, -0.2) is 62.0 Å². The van der Waals surface area contributed by atoms with Crippen LogP contribution >= 0.6 is 0 Å². The Labute approximate surface area is 139 Å². The van der Waals surface area contributed by atoms with E-state index in [-0.39, 0.29) is 24.9 Å². The van der Waals surface area contributed by atoms with Gasteiger partial charge in [0.2, 0.25) is 5.91 Å². The van der Waals surface area contributed by atoms with Crippen LogP contribution < -0.4 is 10.2 Å². The van der Waals surface area contributed by atoms with E-state index in [1.54, 1.807) is 24.0 Å². The molecular formula is C16H20FN3O4. The molecule has 1 aliphatic rings. The monoisotopic (exact) mass is 337 g/mol. The minimum atomic E-state index is -0.994. The lowest BCUT2D eigenvalue weighted by molar-refractivity contribution is -0.154. The molecule has 0 atom stereocenters. The third-order valence-corrected chi connectivity index (χ3v) is 3.69. The average molecular weight is 337 g/mol. The first-order chi connectivity index (χ1) is 11.5. The molecule has 0 saturated carbocycles. The third-order valence-electron chi connectivity index (χ3n) is 3.69. The maximum atomic E-state index is 12.9. The number of nitrogens with one attached hydrogen (secondary N) is 1. The zero-order valence-electron chi connectivity index (χ0n) is 13.5. The van der Waals surface area contributed by atoms with Crippen LogP contribution in [0.4, 0.5) is 10.1 Å². The Balaban J connectivity index is 1.77. The first-order valence-electron chi connectivity index (χ1n) is 7.74. The van der Waals surface area contributed by atoms with Crippen molar-refractivity contribution < 1.29 is 23.5 Å². The number of piperazine rings is 1. The summed E-state index contributed by atoms with van der Waals surface area (Å²) >= 11 is 0. The van der Waals surface area contributed by atoms with Gasteiger partial charge in [-0.05, 0) is 31.2 Å². The lowest BCUT2D eigenvalue weighted by Crippen LogP contribution is -2.51. The SMILES string of the molecule is CCOC(=O)C(=O)NCC(=O)N1CCN(c2ccc(F)cc2)CC1. The zero-order chi connectivity index (χ0) is 17.5. The number of anilines is 1. The number of esters is 1. The van der Waals surface area contributed by atoms with E-state index in [2.05, 4.69) is 15.0 Å². The lowest BCUT2D eigenvalue weighted by Gasteiger charge is -2.36. The highest BCUT2D eigenvalue weighted by atomic mass is 19.1. The summed E-state index contributed by atoms with van der Waals surface area (Å²) in [6.07, 6.45) is 0. The predicted molar refractivity (Wildman–Crippen MR) is 84.8 cm³/mol. The van der Waals surface area contributed by atoms with E-state index in [0.717, 1.165) is 5.69 Å². The summed E-state index contributed by atoms with van der Waals surface area (Å²) in [4.78, 5) is 38.3. The summed E-state index contributed by atoms with van der Waals surface area (Å²) in [5.41, 5.74) is 0.902. The van der Waals surface area contributed by atoms with Gasteiger partial charge in [0, 0.05) is 31.9 Å². The minimum Gasteiger partial charge on any atom is -0.459 e. The number of nitrogens with zero attached hydrogens (tertiary/aromatic N) is 2. The van der Waals surface area contributed by atoms with Crippen molar-refractivity contribution in [1.29, 1.82) is 0 Å². The Hall–Kier alpha value is -2.64. The van der Waals surface area contributed by atoms with E-state index >= 15 is 0 Å². The van der Waals surface area contributed by atoms with Crippen molar-refractivity contribution in [2.45, 2.75) is 6.92 Å². The molecule has 24 heavy (non-hydrogen) atoms. The molecule has 2 amide bonds. The van der Waals surface area contributed by atoms with Gasteiger partial charge in [0.25, 0.3) is 0 Å². The van der Waals surface area contributed by atoms with Gasteiger partial charge in [0.1, 0.15) is 5.82 Å². The number of halogens is 1. The minimum absolute atomic E-state index is 0.103. The molecule has 2 rings (SSSR count). The molecule has 1 heterocycles. The van der Waals surface area contributed by atoms with Gasteiger partial charge in [0.05, 0.1) is 13.2 Å². The normalized spacial score (nSPS) is 14.2. The third kappa shape index (κ3) is 4.68. The Bertz CT molecular complexity index is 598. The van der Waals surface area contributed by atoms with Gasteiger partial charge in [-0.1, -0.05) is 0 Å². The van der Waals surface area contributed by atoms with Crippen molar-refractivity contribution in [1.82, 2.24) is 10.2 Å². The van der Waals surface area contributed by atoms with Crippen LogP contribution in [0.2, 0.25) is 0 Å². The van der Waals surface area contributed by atoms with Crippen molar-refractivity contribution in [2.75, 3.05) is 44.2 Å². The van der Waals surface area contributed by atoms with Crippen molar-refractivity contribution in [3.8, 4) is 0 Å². The molecule has 130 valence electrons. The second-order valence-corrected chi connectivity index (χ2v) is 5.25. The Kier molecular flexibility index (Phi) is 6.11. The van der Waals surface area contributed by atoms with Crippen molar-refractivity contribution in [3.63, 3.8) is 0 Å². The quantitative estimate of drug-likeness (QED) is 0.625. The Morgan fingerprint density at radius 3 is 2.33 bits per heavy atom. The summed E-state index contributed by atoms with van der Waals surface area (Å²) < 4.78 is 17.5. The molecule has 1 N–H and O–H groups in total. The van der Waals surface area contributed by atoms with Crippen LogP contribution in [0.1, 0.15) is 6.92 Å². The zero-order valence-corrected chi connectivity index (χ0v) is 13.5. The number of carbonyl (C=O) groups is 3. The molecule has 0 spiro atoms. The summed E-state index contributed by atoms with van der Waals surface area (Å²) in [6, 6.07) is 6.20. The number of carbonyl (C=O) groups excluding carboxylic acids is 3. The Morgan fingerprint density at radius 1 is 1.12 bits per heavy atom. The van der Waals surface area contributed by atoms with Crippen LogP contribution in [-0.2, 0) is 19.1 Å². The summed E-state index contributed by atoms with van der Waals surface area (Å²) in [6.45, 7) is 3.67. The van der Waals surface area contributed by atoms with E-state index in [1.807, 2.05) is 0 Å². The van der Waals surface area contributed by atoms with Crippen molar-refractivity contribution in [3.05, 3.63) is 30.1 Å². The molecule has 8 heteroatoms. The fourth-order valence-corrected chi connectivity index (χ4v) is 2.40. The number of hydrogen-bond donors (Lipinski definition) is 1. The molecule has 1 fully saturated rings. The molecule has 1 aliphatic heterocycles. The highest BCUT2D eigenvalue weighted by molar-refractivity contribution is 6.32. The van der Waals surface area contributed by atoms with Gasteiger partial charge in [-0.15, -0.1) is 0 Å². The second-order valence-electron chi connectivity index (χ2n) is 5.25. The molecule has 1 aromatic rings. The van der Waals surface area contributed by atoms with Crippen LogP contribution in [0.15, 0.2) is 24.3 Å². The van der Waals surface area contributed by atoms with Gasteiger partial charge in [-0.2, -0.15) is 0 Å². The van der Waals surface area contributed by atoms with Gasteiger partial charge in [-0.3, -0.25) is 9.59 Å². The lowest BCUT2D eigenvalue weighted by atomic mass is 10.2. The van der Waals surface area contributed by atoms with E-state index in [1.165, 1.54) is 12.1 Å². The van der Waals surface area contributed by atoms with Crippen LogP contribution in [0.3, 0.4) is 0 Å². The smallest absolute Gasteiger partial charge is 0.396 e. The second kappa shape index (κ2) is 8.28. The molecule has 1 saturated heterocycles. The maximum absolute atomic E-state index is 12.9. The van der Waals surface area contributed by atoms with Crippen LogP contribution in [0.5, 0.6) is 0 Å². The van der Waals surface area contributed by atoms with Crippen LogP contribution in [0, 0.1) is 5.82 Å². The van der Waals surface area contributed by atoms with E-state index in [9.17, 15) is 18.8 Å². The first kappa shape index (κ1) is 17.7. The fraction of sp³-hybridized carbons (Fsp3) is 0.438.